The van der Waals surface area contributed by atoms with Crippen LogP contribution in [0.5, 0.6) is 5.88 Å². The van der Waals surface area contributed by atoms with Crippen molar-refractivity contribution in [3.05, 3.63) is 87.4 Å². The lowest BCUT2D eigenvalue weighted by molar-refractivity contribution is 0.0693. The molecular weight excluding hydrogens is 520 g/mol. The van der Waals surface area contributed by atoms with Gasteiger partial charge in [0.15, 0.2) is 5.82 Å². The van der Waals surface area contributed by atoms with Gasteiger partial charge in [0, 0.05) is 31.3 Å². The average molecular weight is 557 g/mol. The van der Waals surface area contributed by atoms with Crippen LogP contribution in [0.1, 0.15) is 64.5 Å². The molecule has 41 heavy (non-hydrogen) atoms. The first-order chi connectivity index (χ1) is 19.9. The predicted molar refractivity (Wildman–Crippen MR) is 154 cm³/mol. The summed E-state index contributed by atoms with van der Waals surface area (Å²) in [7, 11) is 1.43. The van der Waals surface area contributed by atoms with Gasteiger partial charge in [-0.1, -0.05) is 24.3 Å². The number of nitrogens with zero attached hydrogens (tertiary/aromatic N) is 4. The van der Waals surface area contributed by atoms with E-state index < -0.39 is 5.97 Å². The maximum atomic E-state index is 11.6. The number of pyridine rings is 1. The van der Waals surface area contributed by atoms with Crippen molar-refractivity contribution in [3.8, 4) is 11.7 Å². The number of aromatic nitrogens is 3. The second-order valence-corrected chi connectivity index (χ2v) is 11.0. The largest absolute Gasteiger partial charge is 0.488 e. The SMILES string of the molecule is COc1c(C(=O)O)cnn1-c1cccc(C2=CCCC(C)=C2OCc2cc(C)c3c(c2)CCN(C2CCOC2)C3)n1. The second-order valence-electron chi connectivity index (χ2n) is 11.0. The van der Waals surface area contributed by atoms with E-state index in [4.69, 9.17) is 19.2 Å². The number of carboxylic acid groups (broad SMARTS) is 1. The van der Waals surface area contributed by atoms with Gasteiger partial charge in [0.05, 0.1) is 25.6 Å². The number of aromatic carboxylic acids is 1. The number of allylic oxidation sites excluding steroid dienone is 3. The van der Waals surface area contributed by atoms with Crippen LogP contribution in [0.2, 0.25) is 0 Å². The molecule has 0 saturated carbocycles. The number of benzene rings is 1. The second kappa shape index (κ2) is 11.5. The summed E-state index contributed by atoms with van der Waals surface area (Å²) < 4.78 is 18.9. The van der Waals surface area contributed by atoms with Crippen molar-refractivity contribution in [1.29, 1.82) is 0 Å². The van der Waals surface area contributed by atoms with Gasteiger partial charge in [-0.25, -0.2) is 9.78 Å². The fourth-order valence-electron chi connectivity index (χ4n) is 6.15. The minimum absolute atomic E-state index is 0.0167. The summed E-state index contributed by atoms with van der Waals surface area (Å²) in [6.45, 7) is 8.58. The number of fused-ring (bicyclic) bond motifs is 1. The number of aryl methyl sites for hydroxylation is 1. The summed E-state index contributed by atoms with van der Waals surface area (Å²) in [5.41, 5.74) is 8.20. The van der Waals surface area contributed by atoms with E-state index in [1.165, 1.54) is 45.8 Å². The fourth-order valence-corrected chi connectivity index (χ4v) is 6.15. The highest BCUT2D eigenvalue weighted by Gasteiger charge is 2.28. The summed E-state index contributed by atoms with van der Waals surface area (Å²) >= 11 is 0. The van der Waals surface area contributed by atoms with Gasteiger partial charge < -0.3 is 19.3 Å². The van der Waals surface area contributed by atoms with Gasteiger partial charge in [0.25, 0.3) is 0 Å². The summed E-state index contributed by atoms with van der Waals surface area (Å²) in [5, 5.41) is 13.7. The van der Waals surface area contributed by atoms with E-state index in [-0.39, 0.29) is 11.4 Å². The number of hydrogen-bond donors (Lipinski definition) is 1. The van der Waals surface area contributed by atoms with Crippen LogP contribution >= 0.6 is 0 Å². The zero-order valence-electron chi connectivity index (χ0n) is 23.9. The smallest absolute Gasteiger partial charge is 0.342 e. The topological polar surface area (TPSA) is 98.9 Å². The van der Waals surface area contributed by atoms with E-state index in [1.54, 1.807) is 6.07 Å². The number of ether oxygens (including phenoxy) is 3. The van der Waals surface area contributed by atoms with Crippen molar-refractivity contribution in [2.75, 3.05) is 26.9 Å². The normalized spacial score (nSPS) is 19.2. The Morgan fingerprint density at radius 3 is 2.88 bits per heavy atom. The quantitative estimate of drug-likeness (QED) is 0.409. The first-order valence-corrected chi connectivity index (χ1v) is 14.2. The Labute approximate surface area is 240 Å². The minimum Gasteiger partial charge on any atom is -0.488 e. The van der Waals surface area contributed by atoms with E-state index in [1.807, 2.05) is 12.1 Å². The monoisotopic (exact) mass is 556 g/mol. The lowest BCUT2D eigenvalue weighted by Crippen LogP contribution is -2.39. The van der Waals surface area contributed by atoms with Crippen LogP contribution in [0.15, 0.2) is 53.9 Å². The Morgan fingerprint density at radius 2 is 2.10 bits per heavy atom. The van der Waals surface area contributed by atoms with Gasteiger partial charge >= 0.3 is 5.97 Å². The van der Waals surface area contributed by atoms with Crippen molar-refractivity contribution in [2.45, 2.75) is 58.7 Å². The van der Waals surface area contributed by atoms with Crippen molar-refractivity contribution in [1.82, 2.24) is 19.7 Å². The summed E-state index contributed by atoms with van der Waals surface area (Å²) in [6, 6.07) is 10.7. The maximum Gasteiger partial charge on any atom is 0.342 e. The lowest BCUT2D eigenvalue weighted by Gasteiger charge is -2.34. The summed E-state index contributed by atoms with van der Waals surface area (Å²) in [5.74, 6) is 0.346. The molecular formula is C32H36N4O5. The first kappa shape index (κ1) is 27.2. The zero-order valence-corrected chi connectivity index (χ0v) is 23.9. The molecule has 3 aliphatic rings. The Kier molecular flexibility index (Phi) is 7.64. The molecule has 0 radical (unpaired) electrons. The zero-order chi connectivity index (χ0) is 28.5. The van der Waals surface area contributed by atoms with Crippen LogP contribution in [-0.4, -0.2) is 63.7 Å². The Morgan fingerprint density at radius 1 is 1.22 bits per heavy atom. The summed E-state index contributed by atoms with van der Waals surface area (Å²) in [4.78, 5) is 19.0. The van der Waals surface area contributed by atoms with E-state index in [0.29, 0.717) is 18.5 Å². The molecule has 1 aromatic carbocycles. The van der Waals surface area contributed by atoms with Crippen LogP contribution in [-0.2, 0) is 29.0 Å². The van der Waals surface area contributed by atoms with Gasteiger partial charge in [0.2, 0.25) is 5.88 Å². The van der Waals surface area contributed by atoms with Crippen LogP contribution in [0, 0.1) is 6.92 Å². The number of carbonyl (C=O) groups is 1. The fraction of sp³-hybridized carbons (Fsp3) is 0.406. The highest BCUT2D eigenvalue weighted by atomic mass is 16.5. The van der Waals surface area contributed by atoms with Crippen LogP contribution < -0.4 is 4.74 Å². The van der Waals surface area contributed by atoms with Crippen molar-refractivity contribution < 1.29 is 24.1 Å². The number of hydrogen-bond acceptors (Lipinski definition) is 7. The van der Waals surface area contributed by atoms with E-state index >= 15 is 0 Å². The first-order valence-electron chi connectivity index (χ1n) is 14.2. The number of methoxy groups -OCH3 is 1. The van der Waals surface area contributed by atoms with Gasteiger partial charge in [-0.15, -0.1) is 0 Å². The summed E-state index contributed by atoms with van der Waals surface area (Å²) in [6.07, 6.45) is 7.43. The van der Waals surface area contributed by atoms with Crippen LogP contribution in [0.3, 0.4) is 0 Å². The Balaban J connectivity index is 1.22. The lowest BCUT2D eigenvalue weighted by atomic mass is 9.92. The molecule has 9 nitrogen and oxygen atoms in total. The molecule has 1 unspecified atom stereocenters. The van der Waals surface area contributed by atoms with E-state index in [0.717, 1.165) is 69.0 Å². The minimum atomic E-state index is -1.10. The Hall–Kier alpha value is -3.95. The van der Waals surface area contributed by atoms with Crippen LogP contribution in [0.25, 0.3) is 11.4 Å². The van der Waals surface area contributed by atoms with Crippen molar-refractivity contribution >= 4 is 11.5 Å². The predicted octanol–water partition coefficient (Wildman–Crippen LogP) is 5.10. The molecule has 4 heterocycles. The molecule has 0 bridgehead atoms. The average Bonchev–Trinajstić information content (AvgIpc) is 3.67. The molecule has 1 fully saturated rings. The number of rotatable bonds is 8. The molecule has 2 aromatic heterocycles. The molecule has 9 heteroatoms. The van der Waals surface area contributed by atoms with Gasteiger partial charge in [-0.05, 0) is 79.5 Å². The highest BCUT2D eigenvalue weighted by Crippen LogP contribution is 2.34. The molecule has 2 aliphatic heterocycles. The van der Waals surface area contributed by atoms with Crippen molar-refractivity contribution in [3.63, 3.8) is 0 Å². The molecule has 1 atom stereocenters. The highest BCUT2D eigenvalue weighted by molar-refractivity contribution is 5.90. The molecule has 6 rings (SSSR count). The molecule has 1 aliphatic carbocycles. The third-order valence-corrected chi connectivity index (χ3v) is 8.34. The van der Waals surface area contributed by atoms with Gasteiger partial charge in [-0.2, -0.15) is 9.78 Å². The number of carboxylic acids is 1. The molecule has 214 valence electrons. The Bertz CT molecular complexity index is 1530. The van der Waals surface area contributed by atoms with Crippen molar-refractivity contribution in [2.24, 2.45) is 0 Å². The third kappa shape index (κ3) is 5.39. The van der Waals surface area contributed by atoms with Gasteiger partial charge in [0.1, 0.15) is 17.9 Å². The molecule has 3 aromatic rings. The standard InChI is InChI=1S/C32H36N4O5/c1-20-6-4-7-25(28-8-5-9-29(34-28)36-31(39-3)26(16-33-36)32(37)38)30(20)41-18-22-14-21(2)27-17-35(12-10-23(27)15-22)24-11-13-40-19-24/h5,7-9,14-16,24H,4,6,10-13,17-19H2,1-3H3,(H,37,38). The van der Waals surface area contributed by atoms with E-state index in [9.17, 15) is 9.90 Å². The molecule has 0 amide bonds. The van der Waals surface area contributed by atoms with Gasteiger partial charge in [-0.3, -0.25) is 4.90 Å². The molecule has 1 saturated heterocycles. The maximum absolute atomic E-state index is 11.6. The molecule has 1 N–H and O–H groups in total. The van der Waals surface area contributed by atoms with Crippen LogP contribution in [0.4, 0.5) is 0 Å². The molecule has 0 spiro atoms. The third-order valence-electron chi connectivity index (χ3n) is 8.34. The van der Waals surface area contributed by atoms with E-state index in [2.05, 4.69) is 42.1 Å².